The maximum atomic E-state index is 12.4. The molecule has 0 aliphatic rings. The minimum absolute atomic E-state index is 0.0449. The van der Waals surface area contributed by atoms with Gasteiger partial charge in [0.05, 0.1) is 10.6 Å². The lowest BCUT2D eigenvalue weighted by molar-refractivity contribution is 0.0945. The minimum atomic E-state index is -3.25. The van der Waals surface area contributed by atoms with Crippen LogP contribution in [-0.4, -0.2) is 26.6 Å². The third-order valence-electron chi connectivity index (χ3n) is 4.35. The first-order valence-electron chi connectivity index (χ1n) is 8.34. The molecule has 0 radical (unpaired) electrons. The molecule has 0 fully saturated rings. The first-order valence-corrected chi connectivity index (χ1v) is 9.99. The summed E-state index contributed by atoms with van der Waals surface area (Å²) < 4.78 is 23.6. The van der Waals surface area contributed by atoms with Crippen LogP contribution in [0.2, 0.25) is 0 Å². The summed E-state index contributed by atoms with van der Waals surface area (Å²) in [7, 11) is -3.25. The van der Waals surface area contributed by atoms with E-state index in [2.05, 4.69) is 31.3 Å². The van der Waals surface area contributed by atoms with Gasteiger partial charge in [-0.1, -0.05) is 50.6 Å². The molecule has 0 saturated carbocycles. The highest BCUT2D eigenvalue weighted by molar-refractivity contribution is 7.91. The van der Waals surface area contributed by atoms with Crippen molar-refractivity contribution in [1.82, 2.24) is 5.32 Å². The normalized spacial score (nSPS) is 12.0. The van der Waals surface area contributed by atoms with Crippen LogP contribution in [0.1, 0.15) is 42.3 Å². The fourth-order valence-electron chi connectivity index (χ4n) is 2.55. The van der Waals surface area contributed by atoms with E-state index in [-0.39, 0.29) is 22.0 Å². The van der Waals surface area contributed by atoms with Gasteiger partial charge >= 0.3 is 0 Å². The second-order valence-corrected chi connectivity index (χ2v) is 9.14. The van der Waals surface area contributed by atoms with Crippen molar-refractivity contribution in [1.29, 1.82) is 0 Å². The lowest BCUT2D eigenvalue weighted by Crippen LogP contribution is -2.36. The SMILES string of the molecule is CCS(=O)(=O)c1ccc(C(=O)NCC(C)(C)c2cccc(C)c2)cc1. The van der Waals surface area contributed by atoms with Crippen LogP contribution in [0.3, 0.4) is 0 Å². The third-order valence-corrected chi connectivity index (χ3v) is 6.10. The topological polar surface area (TPSA) is 63.2 Å². The van der Waals surface area contributed by atoms with Crippen LogP contribution in [0.5, 0.6) is 0 Å². The van der Waals surface area contributed by atoms with Crippen LogP contribution < -0.4 is 5.32 Å². The Hall–Kier alpha value is -2.14. The summed E-state index contributed by atoms with van der Waals surface area (Å²) in [5.41, 5.74) is 2.60. The zero-order valence-electron chi connectivity index (χ0n) is 15.2. The summed E-state index contributed by atoms with van der Waals surface area (Å²) in [5.74, 6) is -0.162. The van der Waals surface area contributed by atoms with Crippen molar-refractivity contribution < 1.29 is 13.2 Å². The van der Waals surface area contributed by atoms with E-state index < -0.39 is 9.84 Å². The third kappa shape index (κ3) is 4.69. The number of amides is 1. The average molecular weight is 359 g/mol. The summed E-state index contributed by atoms with van der Waals surface area (Å²) >= 11 is 0. The molecule has 1 amide bonds. The first-order chi connectivity index (χ1) is 11.7. The van der Waals surface area contributed by atoms with Gasteiger partial charge in [0, 0.05) is 17.5 Å². The lowest BCUT2D eigenvalue weighted by Gasteiger charge is -2.26. The molecule has 0 heterocycles. The number of benzene rings is 2. The van der Waals surface area contributed by atoms with Crippen LogP contribution in [0, 0.1) is 6.92 Å². The van der Waals surface area contributed by atoms with Crippen molar-refractivity contribution in [2.75, 3.05) is 12.3 Å². The second kappa shape index (κ2) is 7.40. The largest absolute Gasteiger partial charge is 0.351 e. The van der Waals surface area contributed by atoms with Gasteiger partial charge in [-0.2, -0.15) is 0 Å². The van der Waals surface area contributed by atoms with E-state index >= 15 is 0 Å². The van der Waals surface area contributed by atoms with Gasteiger partial charge in [-0.3, -0.25) is 4.79 Å². The Balaban J connectivity index is 2.07. The number of sulfone groups is 1. The molecule has 1 N–H and O–H groups in total. The van der Waals surface area contributed by atoms with E-state index in [0.717, 1.165) is 5.56 Å². The predicted molar refractivity (Wildman–Crippen MR) is 101 cm³/mol. The van der Waals surface area contributed by atoms with Crippen LogP contribution in [-0.2, 0) is 15.3 Å². The fraction of sp³-hybridized carbons (Fsp3) is 0.350. The molecule has 5 heteroatoms. The molecule has 0 aliphatic carbocycles. The summed E-state index contributed by atoms with van der Waals surface area (Å²) in [6.45, 7) is 8.30. The van der Waals surface area contributed by atoms with E-state index in [1.807, 2.05) is 19.1 Å². The van der Waals surface area contributed by atoms with Crippen LogP contribution in [0.4, 0.5) is 0 Å². The maximum Gasteiger partial charge on any atom is 0.251 e. The summed E-state index contributed by atoms with van der Waals surface area (Å²) in [4.78, 5) is 12.6. The summed E-state index contributed by atoms with van der Waals surface area (Å²) in [6.07, 6.45) is 0. The second-order valence-electron chi connectivity index (χ2n) is 6.86. The molecule has 0 aliphatic heterocycles. The zero-order valence-corrected chi connectivity index (χ0v) is 16.0. The molecule has 0 bridgehead atoms. The number of hydrogen-bond donors (Lipinski definition) is 1. The quantitative estimate of drug-likeness (QED) is 0.859. The standard InChI is InChI=1S/C20H25NO3S/c1-5-25(23,24)18-11-9-16(10-12-18)19(22)21-14-20(3,4)17-8-6-7-15(2)13-17/h6-13H,5,14H2,1-4H3,(H,21,22). The fourth-order valence-corrected chi connectivity index (χ4v) is 3.44. The van der Waals surface area contributed by atoms with Crippen LogP contribution in [0.15, 0.2) is 53.4 Å². The molecule has 25 heavy (non-hydrogen) atoms. The van der Waals surface area contributed by atoms with Crippen molar-refractivity contribution in [2.24, 2.45) is 0 Å². The van der Waals surface area contributed by atoms with E-state index in [1.54, 1.807) is 19.1 Å². The molecule has 4 nitrogen and oxygen atoms in total. The van der Waals surface area contributed by atoms with E-state index in [0.29, 0.717) is 12.1 Å². The van der Waals surface area contributed by atoms with E-state index in [4.69, 9.17) is 0 Å². The smallest absolute Gasteiger partial charge is 0.251 e. The summed E-state index contributed by atoms with van der Waals surface area (Å²) in [5, 5.41) is 2.94. The van der Waals surface area contributed by atoms with E-state index in [1.165, 1.54) is 17.7 Å². The molecular weight excluding hydrogens is 334 g/mol. The van der Waals surface area contributed by atoms with Crippen molar-refractivity contribution in [2.45, 2.75) is 38.0 Å². The van der Waals surface area contributed by atoms with Crippen LogP contribution >= 0.6 is 0 Å². The molecule has 2 aromatic rings. The van der Waals surface area contributed by atoms with Gasteiger partial charge in [0.1, 0.15) is 0 Å². The van der Waals surface area contributed by atoms with Gasteiger partial charge < -0.3 is 5.32 Å². The average Bonchev–Trinajstić information content (AvgIpc) is 2.60. The Bertz CT molecular complexity index is 853. The molecule has 0 saturated heterocycles. The Kier molecular flexibility index (Phi) is 5.68. The number of nitrogens with one attached hydrogen (secondary N) is 1. The number of carbonyl (C=O) groups is 1. The highest BCUT2D eigenvalue weighted by Crippen LogP contribution is 2.23. The maximum absolute atomic E-state index is 12.4. The molecule has 134 valence electrons. The van der Waals surface area contributed by atoms with Crippen molar-refractivity contribution in [3.05, 3.63) is 65.2 Å². The van der Waals surface area contributed by atoms with Crippen molar-refractivity contribution >= 4 is 15.7 Å². The Morgan fingerprint density at radius 1 is 1.08 bits per heavy atom. The zero-order chi connectivity index (χ0) is 18.7. The van der Waals surface area contributed by atoms with Crippen molar-refractivity contribution in [3.8, 4) is 0 Å². The number of aryl methyl sites for hydroxylation is 1. The van der Waals surface area contributed by atoms with Crippen LogP contribution in [0.25, 0.3) is 0 Å². The first kappa shape index (κ1) is 19.2. The molecule has 0 atom stereocenters. The molecule has 0 unspecified atom stereocenters. The van der Waals surface area contributed by atoms with Gasteiger partial charge in [-0.05, 0) is 36.8 Å². The van der Waals surface area contributed by atoms with Gasteiger partial charge in [0.15, 0.2) is 9.84 Å². The minimum Gasteiger partial charge on any atom is -0.351 e. The number of rotatable bonds is 6. The summed E-state index contributed by atoms with van der Waals surface area (Å²) in [6, 6.07) is 14.3. The van der Waals surface area contributed by atoms with E-state index in [9.17, 15) is 13.2 Å². The highest BCUT2D eigenvalue weighted by Gasteiger charge is 2.22. The molecule has 2 rings (SSSR count). The molecule has 0 aromatic heterocycles. The molecule has 0 spiro atoms. The van der Waals surface area contributed by atoms with Crippen molar-refractivity contribution in [3.63, 3.8) is 0 Å². The van der Waals surface area contributed by atoms with Gasteiger partial charge in [0.2, 0.25) is 0 Å². The number of hydrogen-bond acceptors (Lipinski definition) is 3. The Morgan fingerprint density at radius 3 is 2.28 bits per heavy atom. The molecular formula is C20H25NO3S. The van der Waals surface area contributed by atoms with Gasteiger partial charge in [-0.15, -0.1) is 0 Å². The van der Waals surface area contributed by atoms with Gasteiger partial charge in [-0.25, -0.2) is 8.42 Å². The predicted octanol–water partition coefficient (Wildman–Crippen LogP) is 3.50. The Morgan fingerprint density at radius 2 is 1.72 bits per heavy atom. The Labute approximate surface area is 150 Å². The highest BCUT2D eigenvalue weighted by atomic mass is 32.2. The molecule has 2 aromatic carbocycles. The monoisotopic (exact) mass is 359 g/mol. The number of carbonyl (C=O) groups excluding carboxylic acids is 1. The lowest BCUT2D eigenvalue weighted by atomic mass is 9.84. The van der Waals surface area contributed by atoms with Gasteiger partial charge in [0.25, 0.3) is 5.91 Å².